The number of nitrogens with zero attached hydrogens (tertiary/aromatic N) is 5. The number of rotatable bonds is 5. The molecule has 0 atom stereocenters. The van der Waals surface area contributed by atoms with Crippen molar-refractivity contribution in [3.63, 3.8) is 0 Å². The van der Waals surface area contributed by atoms with Crippen LogP contribution in [0.3, 0.4) is 0 Å². The molecule has 0 amide bonds. The first-order valence-corrected chi connectivity index (χ1v) is 7.47. The Hall–Kier alpha value is -2.98. The van der Waals surface area contributed by atoms with E-state index in [1.807, 2.05) is 6.92 Å². The molecule has 2 aromatic rings. The molecule has 0 N–H and O–H groups in total. The van der Waals surface area contributed by atoms with Gasteiger partial charge < -0.3 is 0 Å². The lowest BCUT2D eigenvalue weighted by molar-refractivity contribution is -0.384. The second kappa shape index (κ2) is 7.53. The van der Waals surface area contributed by atoms with Crippen LogP contribution in [0, 0.1) is 28.4 Å². The molecule has 2 rings (SSSR count). The Balaban J connectivity index is 2.39. The number of nitro groups is 1. The zero-order chi connectivity index (χ0) is 17.7. The SMILES string of the molecule is CCN(/N=C\c1cccc([N+](=O)[O-])c1)c1nc(Cl)cc(C)c1C#N. The molecule has 0 unspecified atom stereocenters. The molecular formula is C16H14ClN5O2. The maximum Gasteiger partial charge on any atom is 0.270 e. The number of non-ortho nitro benzene ring substituents is 1. The van der Waals surface area contributed by atoms with Crippen LogP contribution in [0.15, 0.2) is 35.4 Å². The Labute approximate surface area is 144 Å². The van der Waals surface area contributed by atoms with Crippen LogP contribution < -0.4 is 5.01 Å². The topological polar surface area (TPSA) is 95.4 Å². The number of hydrazone groups is 1. The molecule has 122 valence electrons. The van der Waals surface area contributed by atoms with Crippen molar-refractivity contribution in [2.75, 3.05) is 11.6 Å². The van der Waals surface area contributed by atoms with Gasteiger partial charge in [-0.15, -0.1) is 0 Å². The summed E-state index contributed by atoms with van der Waals surface area (Å²) in [7, 11) is 0. The van der Waals surface area contributed by atoms with Crippen LogP contribution in [0.5, 0.6) is 0 Å². The van der Waals surface area contributed by atoms with Crippen LogP contribution in [0.4, 0.5) is 11.5 Å². The molecular weight excluding hydrogens is 330 g/mol. The molecule has 0 fully saturated rings. The number of anilines is 1. The molecule has 0 aliphatic carbocycles. The summed E-state index contributed by atoms with van der Waals surface area (Å²) in [6, 6.07) is 9.82. The van der Waals surface area contributed by atoms with Gasteiger partial charge in [-0.2, -0.15) is 10.4 Å². The molecule has 1 aromatic carbocycles. The first kappa shape index (κ1) is 17.4. The van der Waals surface area contributed by atoms with Crippen molar-refractivity contribution in [3.8, 4) is 6.07 Å². The standard InChI is InChI=1S/C16H14ClN5O2/c1-3-21(16-14(9-18)11(2)7-15(17)20-16)19-10-12-5-4-6-13(8-12)22(23)24/h4-8,10H,3H2,1-2H3/b19-10-. The fourth-order valence-corrected chi connectivity index (χ4v) is 2.33. The lowest BCUT2D eigenvalue weighted by atomic mass is 10.1. The summed E-state index contributed by atoms with van der Waals surface area (Å²) in [6.45, 7) is 4.07. The maximum atomic E-state index is 10.8. The Morgan fingerprint density at radius 3 is 2.88 bits per heavy atom. The van der Waals surface area contributed by atoms with Crippen molar-refractivity contribution in [3.05, 3.63) is 62.3 Å². The Bertz CT molecular complexity index is 845. The van der Waals surface area contributed by atoms with Crippen LogP contribution in [-0.2, 0) is 0 Å². The van der Waals surface area contributed by atoms with E-state index in [0.29, 0.717) is 29.1 Å². The van der Waals surface area contributed by atoms with E-state index in [2.05, 4.69) is 16.2 Å². The normalized spacial score (nSPS) is 10.6. The van der Waals surface area contributed by atoms with Crippen molar-refractivity contribution in [1.82, 2.24) is 4.98 Å². The second-order valence-corrected chi connectivity index (χ2v) is 5.27. The smallest absolute Gasteiger partial charge is 0.258 e. The lowest BCUT2D eigenvalue weighted by Gasteiger charge is -2.18. The monoisotopic (exact) mass is 343 g/mol. The van der Waals surface area contributed by atoms with Gasteiger partial charge in [-0.3, -0.25) is 10.1 Å². The summed E-state index contributed by atoms with van der Waals surface area (Å²) < 4.78 is 0. The zero-order valence-corrected chi connectivity index (χ0v) is 13.9. The molecule has 0 spiro atoms. The largest absolute Gasteiger partial charge is 0.270 e. The van der Waals surface area contributed by atoms with Gasteiger partial charge in [-0.05, 0) is 25.5 Å². The number of nitriles is 1. The third-order valence-electron chi connectivity index (χ3n) is 3.25. The first-order chi connectivity index (χ1) is 11.5. The van der Waals surface area contributed by atoms with Crippen molar-refractivity contribution in [2.24, 2.45) is 5.10 Å². The van der Waals surface area contributed by atoms with Gasteiger partial charge in [0.15, 0.2) is 5.82 Å². The number of halogens is 1. The van der Waals surface area contributed by atoms with Crippen molar-refractivity contribution < 1.29 is 4.92 Å². The second-order valence-electron chi connectivity index (χ2n) is 4.88. The highest BCUT2D eigenvalue weighted by atomic mass is 35.5. The van der Waals surface area contributed by atoms with Crippen molar-refractivity contribution >= 4 is 29.3 Å². The predicted molar refractivity (Wildman–Crippen MR) is 92.4 cm³/mol. The number of hydrogen-bond donors (Lipinski definition) is 0. The Morgan fingerprint density at radius 1 is 1.50 bits per heavy atom. The van der Waals surface area contributed by atoms with Gasteiger partial charge in [-0.25, -0.2) is 9.99 Å². The number of aryl methyl sites for hydroxylation is 1. The van der Waals surface area contributed by atoms with Gasteiger partial charge in [0, 0.05) is 24.2 Å². The highest BCUT2D eigenvalue weighted by Crippen LogP contribution is 2.24. The van der Waals surface area contributed by atoms with Gasteiger partial charge in [0.2, 0.25) is 0 Å². The molecule has 7 nitrogen and oxygen atoms in total. The van der Waals surface area contributed by atoms with Crippen LogP contribution in [-0.4, -0.2) is 22.7 Å². The molecule has 8 heteroatoms. The average Bonchev–Trinajstić information content (AvgIpc) is 2.55. The van der Waals surface area contributed by atoms with E-state index < -0.39 is 4.92 Å². The minimum Gasteiger partial charge on any atom is -0.258 e. The van der Waals surface area contributed by atoms with Gasteiger partial charge in [0.1, 0.15) is 11.2 Å². The number of aromatic nitrogens is 1. The van der Waals surface area contributed by atoms with E-state index in [4.69, 9.17) is 11.6 Å². The summed E-state index contributed by atoms with van der Waals surface area (Å²) >= 11 is 5.98. The van der Waals surface area contributed by atoms with Crippen LogP contribution >= 0.6 is 11.6 Å². The van der Waals surface area contributed by atoms with Crippen LogP contribution in [0.25, 0.3) is 0 Å². The van der Waals surface area contributed by atoms with Crippen molar-refractivity contribution in [1.29, 1.82) is 5.26 Å². The number of hydrogen-bond acceptors (Lipinski definition) is 6. The highest BCUT2D eigenvalue weighted by Gasteiger charge is 2.14. The van der Waals surface area contributed by atoms with Gasteiger partial charge in [0.25, 0.3) is 5.69 Å². The molecule has 0 radical (unpaired) electrons. The minimum absolute atomic E-state index is 0.0172. The van der Waals surface area contributed by atoms with Gasteiger partial charge >= 0.3 is 0 Å². The van der Waals surface area contributed by atoms with Gasteiger partial charge in [0.05, 0.1) is 16.7 Å². The van der Waals surface area contributed by atoms with Crippen LogP contribution in [0.1, 0.15) is 23.6 Å². The third kappa shape index (κ3) is 3.86. The summed E-state index contributed by atoms with van der Waals surface area (Å²) in [5, 5.41) is 26.2. The first-order valence-electron chi connectivity index (χ1n) is 7.09. The average molecular weight is 344 g/mol. The molecule has 0 aliphatic heterocycles. The highest BCUT2D eigenvalue weighted by molar-refractivity contribution is 6.29. The van der Waals surface area contributed by atoms with E-state index >= 15 is 0 Å². The Kier molecular flexibility index (Phi) is 5.45. The number of nitro benzene ring substituents is 1. The summed E-state index contributed by atoms with van der Waals surface area (Å²) in [6.07, 6.45) is 1.48. The molecule has 0 bridgehead atoms. The van der Waals surface area contributed by atoms with Gasteiger partial charge in [-0.1, -0.05) is 23.7 Å². The quantitative estimate of drug-likeness (QED) is 0.357. The molecule has 24 heavy (non-hydrogen) atoms. The lowest BCUT2D eigenvalue weighted by Crippen LogP contribution is -2.19. The van der Waals surface area contributed by atoms with E-state index in [1.54, 1.807) is 25.1 Å². The summed E-state index contributed by atoms with van der Waals surface area (Å²) in [5.74, 6) is 0.353. The van der Waals surface area contributed by atoms with E-state index in [1.165, 1.54) is 23.4 Å². The zero-order valence-electron chi connectivity index (χ0n) is 13.1. The van der Waals surface area contributed by atoms with E-state index in [-0.39, 0.29) is 10.8 Å². The summed E-state index contributed by atoms with van der Waals surface area (Å²) in [4.78, 5) is 14.5. The number of pyridine rings is 1. The Morgan fingerprint density at radius 2 is 2.25 bits per heavy atom. The maximum absolute atomic E-state index is 10.8. The molecule has 1 aromatic heterocycles. The van der Waals surface area contributed by atoms with E-state index in [9.17, 15) is 15.4 Å². The fraction of sp³-hybridized carbons (Fsp3) is 0.188. The molecule has 0 saturated heterocycles. The van der Waals surface area contributed by atoms with Crippen LogP contribution in [0.2, 0.25) is 5.15 Å². The summed E-state index contributed by atoms with van der Waals surface area (Å²) in [5.41, 5.74) is 1.64. The number of benzene rings is 1. The minimum atomic E-state index is -0.468. The van der Waals surface area contributed by atoms with Crippen molar-refractivity contribution in [2.45, 2.75) is 13.8 Å². The fourth-order valence-electron chi connectivity index (χ4n) is 2.08. The third-order valence-corrected chi connectivity index (χ3v) is 3.44. The molecule has 0 saturated carbocycles. The molecule has 1 heterocycles. The predicted octanol–water partition coefficient (Wildman–Crippen LogP) is 3.68. The van der Waals surface area contributed by atoms with E-state index in [0.717, 1.165) is 0 Å². The molecule has 0 aliphatic rings.